The van der Waals surface area contributed by atoms with Crippen LogP contribution in [0.4, 0.5) is 10.1 Å². The molecule has 0 atom stereocenters. The van der Waals surface area contributed by atoms with Crippen LogP contribution in [0.1, 0.15) is 25.0 Å². The van der Waals surface area contributed by atoms with Crippen LogP contribution in [-0.2, 0) is 0 Å². The van der Waals surface area contributed by atoms with E-state index in [1.54, 1.807) is 12.1 Å². The first kappa shape index (κ1) is 16.2. The van der Waals surface area contributed by atoms with Gasteiger partial charge in [-0.3, -0.25) is 5.43 Å². The fourth-order valence-corrected chi connectivity index (χ4v) is 1.65. The van der Waals surface area contributed by atoms with Crippen LogP contribution in [0.3, 0.4) is 0 Å². The smallest absolute Gasteiger partial charge is 0.133 e. The molecule has 2 nitrogen and oxygen atoms in total. The van der Waals surface area contributed by atoms with Gasteiger partial charge in [-0.25, -0.2) is 4.39 Å². The summed E-state index contributed by atoms with van der Waals surface area (Å²) in [6.07, 6.45) is 1.37. The molecule has 0 heterocycles. The Balaban J connectivity index is 0.000000956. The Morgan fingerprint density at radius 1 is 1.10 bits per heavy atom. The van der Waals surface area contributed by atoms with E-state index < -0.39 is 5.82 Å². The zero-order valence-electron chi connectivity index (χ0n) is 11.8. The van der Waals surface area contributed by atoms with Gasteiger partial charge in [-0.2, -0.15) is 5.10 Å². The van der Waals surface area contributed by atoms with Crippen LogP contribution in [0, 0.1) is 12.7 Å². The molecule has 0 unspecified atom stereocenters. The molecular formula is C16H18ClFN2. The summed E-state index contributed by atoms with van der Waals surface area (Å²) in [6.45, 7) is 6.01. The third-order valence-electron chi connectivity index (χ3n) is 2.44. The predicted octanol–water partition coefficient (Wildman–Crippen LogP) is 5.26. The molecule has 20 heavy (non-hydrogen) atoms. The van der Waals surface area contributed by atoms with Crippen molar-refractivity contribution in [1.29, 1.82) is 0 Å². The van der Waals surface area contributed by atoms with E-state index in [0.29, 0.717) is 5.02 Å². The summed E-state index contributed by atoms with van der Waals surface area (Å²) in [5.41, 5.74) is 5.10. The highest BCUT2D eigenvalue weighted by Gasteiger charge is 2.03. The number of hydrogen-bond acceptors (Lipinski definition) is 2. The second kappa shape index (κ2) is 8.33. The van der Waals surface area contributed by atoms with Gasteiger partial charge in [0.2, 0.25) is 0 Å². The van der Waals surface area contributed by atoms with Crippen molar-refractivity contribution >= 4 is 23.5 Å². The highest BCUT2D eigenvalue weighted by Crippen LogP contribution is 2.16. The Morgan fingerprint density at radius 2 is 1.75 bits per heavy atom. The van der Waals surface area contributed by atoms with Crippen molar-refractivity contribution in [3.8, 4) is 0 Å². The fraction of sp³-hybridized carbons (Fsp3) is 0.188. The molecule has 1 N–H and O–H groups in total. The zero-order chi connectivity index (χ0) is 15.0. The maximum Gasteiger partial charge on any atom is 0.133 e. The molecule has 106 valence electrons. The highest BCUT2D eigenvalue weighted by atomic mass is 35.5. The van der Waals surface area contributed by atoms with Crippen LogP contribution in [0.25, 0.3) is 0 Å². The normalized spacial score (nSPS) is 10.1. The lowest BCUT2D eigenvalue weighted by Gasteiger charge is -2.01. The SMILES string of the molecule is CC.Cc1ccc(N/N=C/c2c(F)cccc2Cl)cc1. The second-order valence-electron chi connectivity index (χ2n) is 3.87. The molecule has 0 saturated heterocycles. The van der Waals surface area contributed by atoms with Crippen LogP contribution >= 0.6 is 11.6 Å². The average molecular weight is 293 g/mol. The van der Waals surface area contributed by atoms with Gasteiger partial charge in [0, 0.05) is 5.56 Å². The molecule has 0 aliphatic carbocycles. The number of rotatable bonds is 3. The molecule has 0 aromatic heterocycles. The number of nitrogens with one attached hydrogen (secondary N) is 1. The number of anilines is 1. The first-order valence-electron chi connectivity index (χ1n) is 6.46. The third kappa shape index (κ3) is 4.67. The van der Waals surface area contributed by atoms with E-state index in [1.165, 1.54) is 17.8 Å². The van der Waals surface area contributed by atoms with Crippen molar-refractivity contribution in [2.24, 2.45) is 5.10 Å². The molecule has 0 saturated carbocycles. The Bertz CT molecular complexity index is 545. The van der Waals surface area contributed by atoms with Gasteiger partial charge >= 0.3 is 0 Å². The Hall–Kier alpha value is -1.87. The standard InChI is InChI=1S/C14H12ClFN2.C2H6/c1-10-5-7-11(8-6-10)18-17-9-12-13(15)3-2-4-14(12)16;1-2/h2-9,18H,1H3;1-2H3/b17-9+;. The lowest BCUT2D eigenvalue weighted by Crippen LogP contribution is -1.94. The molecule has 0 aliphatic heterocycles. The van der Waals surface area contributed by atoms with Crippen LogP contribution in [0.15, 0.2) is 47.6 Å². The topological polar surface area (TPSA) is 24.4 Å². The summed E-state index contributed by atoms with van der Waals surface area (Å²) in [4.78, 5) is 0. The highest BCUT2D eigenvalue weighted by molar-refractivity contribution is 6.33. The minimum atomic E-state index is -0.392. The van der Waals surface area contributed by atoms with Gasteiger partial charge in [0.1, 0.15) is 5.82 Å². The maximum absolute atomic E-state index is 13.4. The van der Waals surface area contributed by atoms with Gasteiger partial charge in [0.05, 0.1) is 16.9 Å². The van der Waals surface area contributed by atoms with Gasteiger partial charge < -0.3 is 0 Å². The van der Waals surface area contributed by atoms with Gasteiger partial charge in [-0.05, 0) is 31.2 Å². The number of benzene rings is 2. The van der Waals surface area contributed by atoms with Crippen molar-refractivity contribution < 1.29 is 4.39 Å². The zero-order valence-corrected chi connectivity index (χ0v) is 12.6. The Kier molecular flexibility index (Phi) is 6.74. The predicted molar refractivity (Wildman–Crippen MR) is 85.2 cm³/mol. The molecule has 0 fully saturated rings. The van der Waals surface area contributed by atoms with E-state index >= 15 is 0 Å². The Labute approximate surface area is 124 Å². The molecule has 0 aliphatic rings. The molecule has 2 rings (SSSR count). The van der Waals surface area contributed by atoms with Crippen molar-refractivity contribution in [2.75, 3.05) is 5.43 Å². The maximum atomic E-state index is 13.4. The minimum Gasteiger partial charge on any atom is -0.279 e. The van der Waals surface area contributed by atoms with E-state index in [4.69, 9.17) is 11.6 Å². The second-order valence-corrected chi connectivity index (χ2v) is 4.28. The van der Waals surface area contributed by atoms with Gasteiger partial charge in [-0.15, -0.1) is 0 Å². The number of aryl methyl sites for hydroxylation is 1. The van der Waals surface area contributed by atoms with E-state index in [9.17, 15) is 4.39 Å². The van der Waals surface area contributed by atoms with Crippen LogP contribution in [-0.4, -0.2) is 6.21 Å². The minimum absolute atomic E-state index is 0.277. The number of nitrogens with zero attached hydrogens (tertiary/aromatic N) is 1. The van der Waals surface area contributed by atoms with E-state index in [-0.39, 0.29) is 5.56 Å². The number of halogens is 2. The van der Waals surface area contributed by atoms with E-state index in [1.807, 2.05) is 45.0 Å². The van der Waals surface area contributed by atoms with E-state index in [2.05, 4.69) is 10.5 Å². The molecule has 0 radical (unpaired) electrons. The average Bonchev–Trinajstić information content (AvgIpc) is 2.46. The molecule has 2 aromatic rings. The first-order chi connectivity index (χ1) is 9.66. The first-order valence-corrected chi connectivity index (χ1v) is 6.84. The summed E-state index contributed by atoms with van der Waals surface area (Å²) < 4.78 is 13.4. The molecular weight excluding hydrogens is 275 g/mol. The monoisotopic (exact) mass is 292 g/mol. The van der Waals surface area contributed by atoms with Gasteiger partial charge in [0.25, 0.3) is 0 Å². The Morgan fingerprint density at radius 3 is 2.35 bits per heavy atom. The van der Waals surface area contributed by atoms with Crippen molar-refractivity contribution in [3.05, 3.63) is 64.4 Å². The molecule has 2 aromatic carbocycles. The fourth-order valence-electron chi connectivity index (χ4n) is 1.43. The number of hydrogen-bond donors (Lipinski definition) is 1. The molecule has 0 spiro atoms. The number of hydrazone groups is 1. The lowest BCUT2D eigenvalue weighted by atomic mass is 10.2. The van der Waals surface area contributed by atoms with Crippen LogP contribution < -0.4 is 5.43 Å². The summed E-state index contributed by atoms with van der Waals surface area (Å²) in [5, 5.41) is 4.30. The molecule has 4 heteroatoms. The summed E-state index contributed by atoms with van der Waals surface area (Å²) in [5.74, 6) is -0.392. The summed E-state index contributed by atoms with van der Waals surface area (Å²) >= 11 is 5.87. The lowest BCUT2D eigenvalue weighted by molar-refractivity contribution is 0.626. The largest absolute Gasteiger partial charge is 0.279 e. The van der Waals surface area contributed by atoms with Crippen molar-refractivity contribution in [2.45, 2.75) is 20.8 Å². The molecule has 0 amide bonds. The van der Waals surface area contributed by atoms with Gasteiger partial charge in [0.15, 0.2) is 0 Å². The summed E-state index contributed by atoms with van der Waals surface area (Å²) in [7, 11) is 0. The van der Waals surface area contributed by atoms with Crippen LogP contribution in [0.2, 0.25) is 5.02 Å². The van der Waals surface area contributed by atoms with E-state index in [0.717, 1.165) is 5.69 Å². The van der Waals surface area contributed by atoms with Crippen molar-refractivity contribution in [1.82, 2.24) is 0 Å². The van der Waals surface area contributed by atoms with Crippen LogP contribution in [0.5, 0.6) is 0 Å². The molecule has 0 bridgehead atoms. The van der Waals surface area contributed by atoms with Crippen molar-refractivity contribution in [3.63, 3.8) is 0 Å². The third-order valence-corrected chi connectivity index (χ3v) is 2.77. The summed E-state index contributed by atoms with van der Waals surface area (Å²) in [6, 6.07) is 12.3. The van der Waals surface area contributed by atoms with Gasteiger partial charge in [-0.1, -0.05) is 49.2 Å². The quantitative estimate of drug-likeness (QED) is 0.605.